The summed E-state index contributed by atoms with van der Waals surface area (Å²) in [7, 11) is 0. The lowest BCUT2D eigenvalue weighted by Gasteiger charge is -2.10. The molecule has 1 heterocycles. The second-order valence-corrected chi connectivity index (χ2v) is 4.14. The number of benzene rings is 1. The number of aromatic nitrogens is 3. The third kappa shape index (κ3) is 2.61. The van der Waals surface area contributed by atoms with Gasteiger partial charge in [-0.05, 0) is 5.56 Å². The minimum atomic E-state index is 0.416. The SMILES string of the molecule is C[C@@H](Cn1cc(CCl)nn1)c1ccccc1. The molecule has 0 saturated heterocycles. The Morgan fingerprint density at radius 1 is 1.31 bits per heavy atom. The van der Waals surface area contributed by atoms with Crippen LogP contribution in [0.15, 0.2) is 36.5 Å². The van der Waals surface area contributed by atoms with Crippen LogP contribution in [0.5, 0.6) is 0 Å². The van der Waals surface area contributed by atoms with Crippen molar-refractivity contribution in [3.8, 4) is 0 Å². The van der Waals surface area contributed by atoms with E-state index in [1.54, 1.807) is 0 Å². The van der Waals surface area contributed by atoms with Gasteiger partial charge in [-0.3, -0.25) is 4.68 Å². The minimum absolute atomic E-state index is 0.416. The van der Waals surface area contributed by atoms with E-state index in [2.05, 4.69) is 41.5 Å². The highest BCUT2D eigenvalue weighted by Crippen LogP contribution is 2.16. The predicted molar refractivity (Wildman–Crippen MR) is 64.4 cm³/mol. The van der Waals surface area contributed by atoms with E-state index in [4.69, 9.17) is 11.6 Å². The maximum Gasteiger partial charge on any atom is 0.0974 e. The molecule has 0 unspecified atom stereocenters. The molecule has 0 bridgehead atoms. The van der Waals surface area contributed by atoms with Crippen LogP contribution in [0.4, 0.5) is 0 Å². The molecule has 0 amide bonds. The lowest BCUT2D eigenvalue weighted by molar-refractivity contribution is 0.527. The second-order valence-electron chi connectivity index (χ2n) is 3.88. The van der Waals surface area contributed by atoms with Gasteiger partial charge in [0.15, 0.2) is 0 Å². The van der Waals surface area contributed by atoms with E-state index in [1.807, 2.05) is 16.9 Å². The first kappa shape index (κ1) is 11.1. The van der Waals surface area contributed by atoms with Crippen LogP contribution in [0.2, 0.25) is 0 Å². The van der Waals surface area contributed by atoms with Gasteiger partial charge < -0.3 is 0 Å². The van der Waals surface area contributed by atoms with Crippen LogP contribution in [-0.2, 0) is 12.4 Å². The van der Waals surface area contributed by atoms with Gasteiger partial charge in [-0.25, -0.2) is 0 Å². The van der Waals surface area contributed by atoms with Crippen molar-refractivity contribution in [2.75, 3.05) is 0 Å². The second kappa shape index (κ2) is 5.12. The van der Waals surface area contributed by atoms with Crippen molar-refractivity contribution in [3.63, 3.8) is 0 Å². The zero-order chi connectivity index (χ0) is 11.4. The molecule has 0 N–H and O–H groups in total. The van der Waals surface area contributed by atoms with Crippen LogP contribution < -0.4 is 0 Å². The average molecular weight is 236 g/mol. The van der Waals surface area contributed by atoms with Crippen molar-refractivity contribution in [2.24, 2.45) is 0 Å². The quantitative estimate of drug-likeness (QED) is 0.763. The molecule has 0 spiro atoms. The number of halogens is 1. The van der Waals surface area contributed by atoms with E-state index < -0.39 is 0 Å². The summed E-state index contributed by atoms with van der Waals surface area (Å²) in [4.78, 5) is 0. The summed E-state index contributed by atoms with van der Waals surface area (Å²) >= 11 is 5.68. The first-order valence-electron chi connectivity index (χ1n) is 5.29. The molecular formula is C12H14ClN3. The fourth-order valence-corrected chi connectivity index (χ4v) is 1.78. The van der Waals surface area contributed by atoms with Gasteiger partial charge in [0.2, 0.25) is 0 Å². The summed E-state index contributed by atoms with van der Waals surface area (Å²) in [5.41, 5.74) is 2.13. The monoisotopic (exact) mass is 235 g/mol. The van der Waals surface area contributed by atoms with Crippen molar-refractivity contribution >= 4 is 11.6 Å². The highest BCUT2D eigenvalue weighted by molar-refractivity contribution is 6.16. The molecule has 0 fully saturated rings. The normalized spacial score (nSPS) is 12.6. The maximum absolute atomic E-state index is 5.68. The largest absolute Gasteiger partial charge is 0.252 e. The Morgan fingerprint density at radius 3 is 2.69 bits per heavy atom. The van der Waals surface area contributed by atoms with Crippen LogP contribution in [0, 0.1) is 0 Å². The highest BCUT2D eigenvalue weighted by Gasteiger charge is 2.07. The van der Waals surface area contributed by atoms with E-state index in [0.717, 1.165) is 12.2 Å². The zero-order valence-electron chi connectivity index (χ0n) is 9.18. The van der Waals surface area contributed by atoms with Crippen LogP contribution in [0.3, 0.4) is 0 Å². The number of nitrogens with zero attached hydrogens (tertiary/aromatic N) is 3. The van der Waals surface area contributed by atoms with E-state index in [1.165, 1.54) is 5.56 Å². The highest BCUT2D eigenvalue weighted by atomic mass is 35.5. The minimum Gasteiger partial charge on any atom is -0.252 e. The molecule has 2 aromatic rings. The van der Waals surface area contributed by atoms with Crippen LogP contribution >= 0.6 is 11.6 Å². The van der Waals surface area contributed by atoms with E-state index in [-0.39, 0.29) is 0 Å². The first-order chi connectivity index (χ1) is 7.79. The van der Waals surface area contributed by atoms with Gasteiger partial charge in [0.05, 0.1) is 11.6 Å². The molecular weight excluding hydrogens is 222 g/mol. The molecule has 0 aliphatic carbocycles. The van der Waals surface area contributed by atoms with Gasteiger partial charge in [0.1, 0.15) is 0 Å². The first-order valence-corrected chi connectivity index (χ1v) is 5.83. The summed E-state index contributed by atoms with van der Waals surface area (Å²) < 4.78 is 1.84. The van der Waals surface area contributed by atoms with Gasteiger partial charge in [-0.1, -0.05) is 42.5 Å². The van der Waals surface area contributed by atoms with Crippen LogP contribution in [-0.4, -0.2) is 15.0 Å². The lowest BCUT2D eigenvalue weighted by atomic mass is 10.0. The molecule has 1 atom stereocenters. The maximum atomic E-state index is 5.68. The lowest BCUT2D eigenvalue weighted by Crippen LogP contribution is -2.06. The third-order valence-corrected chi connectivity index (χ3v) is 2.83. The molecule has 4 heteroatoms. The third-order valence-electron chi connectivity index (χ3n) is 2.55. The fourth-order valence-electron chi connectivity index (χ4n) is 1.66. The Labute approximate surface area is 100 Å². The molecule has 16 heavy (non-hydrogen) atoms. The summed E-state index contributed by atoms with van der Waals surface area (Å²) in [5.74, 6) is 0.839. The molecule has 0 aliphatic rings. The van der Waals surface area contributed by atoms with Crippen molar-refractivity contribution in [1.82, 2.24) is 15.0 Å². The molecule has 3 nitrogen and oxygen atoms in total. The zero-order valence-corrected chi connectivity index (χ0v) is 9.93. The summed E-state index contributed by atoms with van der Waals surface area (Å²) in [6.07, 6.45) is 1.90. The van der Waals surface area contributed by atoms with Crippen LogP contribution in [0.25, 0.3) is 0 Å². The van der Waals surface area contributed by atoms with Gasteiger partial charge in [-0.15, -0.1) is 16.7 Å². The molecule has 1 aromatic heterocycles. The van der Waals surface area contributed by atoms with Gasteiger partial charge in [0.25, 0.3) is 0 Å². The van der Waals surface area contributed by atoms with Crippen molar-refractivity contribution in [3.05, 3.63) is 47.8 Å². The topological polar surface area (TPSA) is 30.7 Å². The average Bonchev–Trinajstić information content (AvgIpc) is 2.78. The Morgan fingerprint density at radius 2 is 2.06 bits per heavy atom. The van der Waals surface area contributed by atoms with Gasteiger partial charge >= 0.3 is 0 Å². The van der Waals surface area contributed by atoms with E-state index in [9.17, 15) is 0 Å². The number of rotatable bonds is 4. The Kier molecular flexibility index (Phi) is 3.57. The number of alkyl halides is 1. The molecule has 0 saturated carbocycles. The standard InChI is InChI=1S/C12H14ClN3/c1-10(11-5-3-2-4-6-11)8-16-9-12(7-13)14-15-16/h2-6,9-10H,7-8H2,1H3/t10-/m0/s1. The van der Waals surface area contributed by atoms with E-state index in [0.29, 0.717) is 11.8 Å². The molecule has 0 radical (unpaired) electrons. The van der Waals surface area contributed by atoms with Gasteiger partial charge in [0, 0.05) is 18.7 Å². The molecule has 1 aromatic carbocycles. The van der Waals surface area contributed by atoms with Crippen molar-refractivity contribution in [2.45, 2.75) is 25.3 Å². The molecule has 0 aliphatic heterocycles. The van der Waals surface area contributed by atoms with Crippen LogP contribution in [0.1, 0.15) is 24.1 Å². The van der Waals surface area contributed by atoms with Gasteiger partial charge in [-0.2, -0.15) is 0 Å². The fraction of sp³-hybridized carbons (Fsp3) is 0.333. The summed E-state index contributed by atoms with van der Waals surface area (Å²) in [6.45, 7) is 3.01. The smallest absolute Gasteiger partial charge is 0.0974 e. The molecule has 84 valence electrons. The Balaban J connectivity index is 2.05. The van der Waals surface area contributed by atoms with E-state index >= 15 is 0 Å². The Hall–Kier alpha value is -1.35. The van der Waals surface area contributed by atoms with Crippen molar-refractivity contribution < 1.29 is 0 Å². The molecule has 2 rings (SSSR count). The Bertz CT molecular complexity index is 439. The number of hydrogen-bond acceptors (Lipinski definition) is 2. The summed E-state index contributed by atoms with van der Waals surface area (Å²) in [6, 6.07) is 10.4. The predicted octanol–water partition coefficient (Wildman–Crippen LogP) is 2.82. The number of hydrogen-bond donors (Lipinski definition) is 0. The summed E-state index contributed by atoms with van der Waals surface area (Å²) in [5, 5.41) is 8.00. The van der Waals surface area contributed by atoms with Crippen molar-refractivity contribution in [1.29, 1.82) is 0 Å².